The molecule has 152 valence electrons. The highest BCUT2D eigenvalue weighted by atomic mass is 35.5. The Labute approximate surface area is 181 Å². The topological polar surface area (TPSA) is 40.6 Å². The number of para-hydroxylation sites is 1. The van der Waals surface area contributed by atoms with Crippen LogP contribution in [-0.2, 0) is 11.2 Å². The predicted molar refractivity (Wildman–Crippen MR) is 121 cm³/mol. The maximum Gasteiger partial charge on any atom is 0.260 e. The van der Waals surface area contributed by atoms with Gasteiger partial charge in [-0.2, -0.15) is 0 Å². The first-order valence-corrected chi connectivity index (χ1v) is 10.3. The van der Waals surface area contributed by atoms with Crippen molar-refractivity contribution in [2.75, 3.05) is 9.80 Å². The van der Waals surface area contributed by atoms with Crippen molar-refractivity contribution in [2.45, 2.75) is 32.4 Å². The standard InChI is InChI=1S/C25H23ClN2O2/c1-18(29)27(22-11-7-4-8-12-22)25(2)16-15-20-17-21(26)13-14-23(20)28(25)24(30)19-9-5-3-6-10-19/h3-14,17H,15-16H2,1-2H3. The van der Waals surface area contributed by atoms with Crippen LogP contribution in [0.4, 0.5) is 11.4 Å². The molecule has 0 radical (unpaired) electrons. The highest BCUT2D eigenvalue weighted by Gasteiger charge is 2.47. The van der Waals surface area contributed by atoms with Crippen LogP contribution in [0, 0.1) is 0 Å². The fourth-order valence-electron chi connectivity index (χ4n) is 4.34. The van der Waals surface area contributed by atoms with Gasteiger partial charge in [0, 0.05) is 28.9 Å². The first kappa shape index (κ1) is 20.2. The van der Waals surface area contributed by atoms with Crippen LogP contribution < -0.4 is 9.80 Å². The van der Waals surface area contributed by atoms with E-state index in [0.29, 0.717) is 23.4 Å². The summed E-state index contributed by atoms with van der Waals surface area (Å²) in [6, 6.07) is 24.2. The molecule has 0 saturated heterocycles. The van der Waals surface area contributed by atoms with Crippen LogP contribution in [0.3, 0.4) is 0 Å². The van der Waals surface area contributed by atoms with Gasteiger partial charge in [0.1, 0.15) is 5.66 Å². The number of anilines is 2. The molecule has 0 aromatic heterocycles. The summed E-state index contributed by atoms with van der Waals surface area (Å²) in [5.74, 6) is -0.268. The van der Waals surface area contributed by atoms with Gasteiger partial charge in [-0.3, -0.25) is 19.4 Å². The Bertz CT molecular complexity index is 1080. The lowest BCUT2D eigenvalue weighted by atomic mass is 9.89. The van der Waals surface area contributed by atoms with Crippen LogP contribution in [0.1, 0.15) is 36.2 Å². The number of fused-ring (bicyclic) bond motifs is 1. The third kappa shape index (κ3) is 3.48. The van der Waals surface area contributed by atoms with E-state index in [1.165, 1.54) is 0 Å². The molecule has 3 aromatic rings. The average molecular weight is 419 g/mol. The van der Waals surface area contributed by atoms with Crippen LogP contribution >= 0.6 is 11.6 Å². The Hall–Kier alpha value is -3.11. The SMILES string of the molecule is CC(=O)N(c1ccccc1)C1(C)CCc2cc(Cl)ccc2N1C(=O)c1ccccc1. The molecule has 0 aliphatic carbocycles. The van der Waals surface area contributed by atoms with Crippen molar-refractivity contribution in [3.63, 3.8) is 0 Å². The molecular formula is C25H23ClN2O2. The summed E-state index contributed by atoms with van der Waals surface area (Å²) in [6.07, 6.45) is 1.30. The minimum Gasteiger partial charge on any atom is -0.289 e. The van der Waals surface area contributed by atoms with Gasteiger partial charge in [-0.25, -0.2) is 0 Å². The van der Waals surface area contributed by atoms with Crippen LogP contribution in [-0.4, -0.2) is 17.5 Å². The summed E-state index contributed by atoms with van der Waals surface area (Å²) in [7, 11) is 0. The number of halogens is 1. The molecule has 1 unspecified atom stereocenters. The van der Waals surface area contributed by atoms with E-state index in [4.69, 9.17) is 11.6 Å². The zero-order valence-electron chi connectivity index (χ0n) is 17.0. The van der Waals surface area contributed by atoms with Crippen molar-refractivity contribution in [2.24, 2.45) is 0 Å². The number of benzene rings is 3. The molecule has 4 nitrogen and oxygen atoms in total. The number of aryl methyl sites for hydroxylation is 1. The lowest BCUT2D eigenvalue weighted by Gasteiger charge is -2.51. The lowest BCUT2D eigenvalue weighted by molar-refractivity contribution is -0.117. The molecule has 1 aliphatic rings. The van der Waals surface area contributed by atoms with Gasteiger partial charge in [0.15, 0.2) is 0 Å². The van der Waals surface area contributed by atoms with Gasteiger partial charge in [0.2, 0.25) is 5.91 Å². The van der Waals surface area contributed by atoms with E-state index < -0.39 is 5.66 Å². The molecule has 0 saturated carbocycles. The Morgan fingerprint density at radius 2 is 1.60 bits per heavy atom. The van der Waals surface area contributed by atoms with Gasteiger partial charge in [-0.05, 0) is 67.8 Å². The second kappa shape index (κ2) is 7.96. The summed E-state index contributed by atoms with van der Waals surface area (Å²) in [6.45, 7) is 3.50. The van der Waals surface area contributed by atoms with Gasteiger partial charge in [-0.15, -0.1) is 0 Å². The van der Waals surface area contributed by atoms with E-state index in [9.17, 15) is 9.59 Å². The first-order chi connectivity index (χ1) is 14.4. The van der Waals surface area contributed by atoms with Gasteiger partial charge >= 0.3 is 0 Å². The number of nitrogens with zero attached hydrogens (tertiary/aromatic N) is 2. The third-order valence-corrected chi connectivity index (χ3v) is 5.90. The van der Waals surface area contributed by atoms with E-state index >= 15 is 0 Å². The zero-order chi connectivity index (χ0) is 21.3. The molecule has 0 N–H and O–H groups in total. The molecule has 4 rings (SSSR count). The molecule has 2 amide bonds. The van der Waals surface area contributed by atoms with Crippen molar-refractivity contribution in [1.29, 1.82) is 0 Å². The average Bonchev–Trinajstić information content (AvgIpc) is 2.74. The number of carbonyl (C=O) groups excluding carboxylic acids is 2. The quantitative estimate of drug-likeness (QED) is 0.547. The van der Waals surface area contributed by atoms with Gasteiger partial charge in [-0.1, -0.05) is 48.0 Å². The Morgan fingerprint density at radius 3 is 2.23 bits per heavy atom. The fourth-order valence-corrected chi connectivity index (χ4v) is 4.54. The van der Waals surface area contributed by atoms with Crippen molar-refractivity contribution in [3.05, 3.63) is 95.0 Å². The predicted octanol–water partition coefficient (Wildman–Crippen LogP) is 5.70. The summed E-state index contributed by atoms with van der Waals surface area (Å²) in [5, 5.41) is 0.635. The molecule has 30 heavy (non-hydrogen) atoms. The molecule has 3 aromatic carbocycles. The monoisotopic (exact) mass is 418 g/mol. The second-order valence-electron chi connectivity index (χ2n) is 7.69. The summed E-state index contributed by atoms with van der Waals surface area (Å²) >= 11 is 6.23. The van der Waals surface area contributed by atoms with Crippen LogP contribution in [0.15, 0.2) is 78.9 Å². The van der Waals surface area contributed by atoms with Gasteiger partial charge in [0.05, 0.1) is 0 Å². The van der Waals surface area contributed by atoms with Crippen molar-refractivity contribution < 1.29 is 9.59 Å². The van der Waals surface area contributed by atoms with E-state index in [1.54, 1.807) is 34.9 Å². The van der Waals surface area contributed by atoms with Crippen molar-refractivity contribution in [3.8, 4) is 0 Å². The third-order valence-electron chi connectivity index (χ3n) is 5.67. The highest BCUT2D eigenvalue weighted by molar-refractivity contribution is 6.30. The molecule has 1 aliphatic heterocycles. The summed E-state index contributed by atoms with van der Waals surface area (Å²) in [4.78, 5) is 30.1. The van der Waals surface area contributed by atoms with E-state index in [2.05, 4.69) is 0 Å². The summed E-state index contributed by atoms with van der Waals surface area (Å²) in [5.41, 5.74) is 2.24. The number of carbonyl (C=O) groups is 2. The lowest BCUT2D eigenvalue weighted by Crippen LogP contribution is -2.64. The number of hydrogen-bond donors (Lipinski definition) is 0. The van der Waals surface area contributed by atoms with Crippen molar-refractivity contribution in [1.82, 2.24) is 0 Å². The normalized spacial score (nSPS) is 17.9. The first-order valence-electron chi connectivity index (χ1n) is 9.96. The Balaban J connectivity index is 1.91. The van der Waals surface area contributed by atoms with Gasteiger partial charge in [0.25, 0.3) is 5.91 Å². The molecule has 5 heteroatoms. The maximum atomic E-state index is 13.8. The van der Waals surface area contributed by atoms with E-state index in [1.807, 2.05) is 67.6 Å². The molecule has 0 fully saturated rings. The van der Waals surface area contributed by atoms with Crippen molar-refractivity contribution >= 4 is 34.8 Å². The number of hydrogen-bond acceptors (Lipinski definition) is 2. The highest BCUT2D eigenvalue weighted by Crippen LogP contribution is 2.42. The Morgan fingerprint density at radius 1 is 0.967 bits per heavy atom. The largest absolute Gasteiger partial charge is 0.289 e. The number of amides is 2. The zero-order valence-corrected chi connectivity index (χ0v) is 17.8. The number of rotatable bonds is 3. The smallest absolute Gasteiger partial charge is 0.260 e. The minimum absolute atomic E-state index is 0.119. The summed E-state index contributed by atoms with van der Waals surface area (Å²) < 4.78 is 0. The minimum atomic E-state index is -0.874. The van der Waals surface area contributed by atoms with Gasteiger partial charge < -0.3 is 0 Å². The van der Waals surface area contributed by atoms with Crippen LogP contribution in [0.25, 0.3) is 0 Å². The van der Waals surface area contributed by atoms with Crippen LogP contribution in [0.2, 0.25) is 5.02 Å². The molecule has 0 bridgehead atoms. The second-order valence-corrected chi connectivity index (χ2v) is 8.12. The van der Waals surface area contributed by atoms with E-state index in [0.717, 1.165) is 16.9 Å². The fraction of sp³-hybridized carbons (Fsp3) is 0.200. The molecular weight excluding hydrogens is 396 g/mol. The molecule has 1 atom stereocenters. The molecule has 1 heterocycles. The van der Waals surface area contributed by atoms with E-state index in [-0.39, 0.29) is 11.8 Å². The Kier molecular flexibility index (Phi) is 5.35. The maximum absolute atomic E-state index is 13.8. The molecule has 0 spiro atoms. The van der Waals surface area contributed by atoms with Crippen LogP contribution in [0.5, 0.6) is 0 Å².